The van der Waals surface area contributed by atoms with Crippen molar-refractivity contribution in [2.45, 2.75) is 65.0 Å². The van der Waals surface area contributed by atoms with Crippen LogP contribution in [0, 0.1) is 6.92 Å². The molecule has 1 aromatic heterocycles. The first-order valence-electron chi connectivity index (χ1n) is 10.2. The Balaban J connectivity index is 1.34. The van der Waals surface area contributed by atoms with Gasteiger partial charge in [-0.2, -0.15) is 5.10 Å². The summed E-state index contributed by atoms with van der Waals surface area (Å²) < 4.78 is 11.9. The molecule has 6 nitrogen and oxygen atoms in total. The number of rotatable bonds is 4. The van der Waals surface area contributed by atoms with E-state index < -0.39 is 0 Å². The second-order valence-electron chi connectivity index (χ2n) is 7.99. The molecule has 6 heteroatoms. The fourth-order valence-corrected chi connectivity index (χ4v) is 4.21. The van der Waals surface area contributed by atoms with Crippen molar-refractivity contribution in [2.75, 3.05) is 13.1 Å². The van der Waals surface area contributed by atoms with Gasteiger partial charge < -0.3 is 14.4 Å². The lowest BCUT2D eigenvalue weighted by Gasteiger charge is -2.32. The van der Waals surface area contributed by atoms with Crippen molar-refractivity contribution in [3.63, 3.8) is 0 Å². The molecule has 28 heavy (non-hydrogen) atoms. The van der Waals surface area contributed by atoms with Gasteiger partial charge in [0, 0.05) is 25.1 Å². The number of ether oxygens (including phenoxy) is 2. The van der Waals surface area contributed by atoms with E-state index in [4.69, 9.17) is 9.47 Å². The maximum atomic E-state index is 13.0. The zero-order valence-corrected chi connectivity index (χ0v) is 16.9. The summed E-state index contributed by atoms with van der Waals surface area (Å²) in [7, 11) is 0. The van der Waals surface area contributed by atoms with Crippen LogP contribution in [-0.2, 0) is 22.5 Å². The van der Waals surface area contributed by atoms with Gasteiger partial charge in [-0.25, -0.2) is 0 Å². The number of aromatic nitrogens is 2. The summed E-state index contributed by atoms with van der Waals surface area (Å²) in [6, 6.07) is 8.31. The molecule has 2 aliphatic heterocycles. The van der Waals surface area contributed by atoms with E-state index >= 15 is 0 Å². The summed E-state index contributed by atoms with van der Waals surface area (Å²) >= 11 is 0. The van der Waals surface area contributed by atoms with Crippen molar-refractivity contribution in [3.8, 4) is 0 Å². The van der Waals surface area contributed by atoms with Crippen molar-refractivity contribution in [2.24, 2.45) is 0 Å². The van der Waals surface area contributed by atoms with Gasteiger partial charge in [0.15, 0.2) is 5.69 Å². The highest BCUT2D eigenvalue weighted by molar-refractivity contribution is 5.94. The Morgan fingerprint density at radius 1 is 1.29 bits per heavy atom. The molecule has 2 aromatic rings. The zero-order chi connectivity index (χ0) is 19.7. The summed E-state index contributed by atoms with van der Waals surface area (Å²) in [4.78, 5) is 15.0. The van der Waals surface area contributed by atoms with Gasteiger partial charge in [-0.15, -0.1) is 0 Å². The SMILES string of the molecule is Cc1ccccc1COC1CCN(C(=O)c2n[nH]c3c2C[C@@H](C)O[C@H]3C)CC1. The molecule has 3 heterocycles. The molecule has 0 saturated carbocycles. The number of aromatic amines is 1. The average molecular weight is 383 g/mol. The van der Waals surface area contributed by atoms with Crippen LogP contribution in [0.1, 0.15) is 65.7 Å². The standard InChI is InChI=1S/C22H29N3O3/c1-14-6-4-5-7-17(14)13-27-18-8-10-25(11-9-18)22(26)21-19-12-15(2)28-16(3)20(19)23-24-21/h4-7,15-16,18H,8-13H2,1-3H3,(H,23,24)/t15-,16+/m1/s1. The normalized spacial score (nSPS) is 22.9. The first-order valence-corrected chi connectivity index (χ1v) is 10.2. The lowest BCUT2D eigenvalue weighted by Crippen LogP contribution is -2.41. The third-order valence-electron chi connectivity index (χ3n) is 5.90. The van der Waals surface area contributed by atoms with E-state index in [2.05, 4.69) is 29.3 Å². The lowest BCUT2D eigenvalue weighted by atomic mass is 9.98. The lowest BCUT2D eigenvalue weighted by molar-refractivity contribution is -0.00731. The summed E-state index contributed by atoms with van der Waals surface area (Å²) in [5.74, 6) is 0.0242. The molecular weight excluding hydrogens is 354 g/mol. The Morgan fingerprint density at radius 3 is 2.79 bits per heavy atom. The van der Waals surface area contributed by atoms with E-state index in [1.165, 1.54) is 11.1 Å². The number of carbonyl (C=O) groups excluding carboxylic acids is 1. The molecular formula is C22H29N3O3. The highest BCUT2D eigenvalue weighted by atomic mass is 16.5. The second-order valence-corrected chi connectivity index (χ2v) is 7.99. The maximum absolute atomic E-state index is 13.0. The van der Waals surface area contributed by atoms with Crippen LogP contribution in [0.5, 0.6) is 0 Å². The topological polar surface area (TPSA) is 67.5 Å². The predicted molar refractivity (Wildman–Crippen MR) is 106 cm³/mol. The number of benzene rings is 1. The summed E-state index contributed by atoms with van der Waals surface area (Å²) in [6.45, 7) is 8.20. The van der Waals surface area contributed by atoms with Gasteiger partial charge in [-0.3, -0.25) is 9.89 Å². The Labute approximate surface area is 166 Å². The van der Waals surface area contributed by atoms with Crippen molar-refractivity contribution in [3.05, 3.63) is 52.3 Å². The number of aryl methyl sites for hydroxylation is 1. The maximum Gasteiger partial charge on any atom is 0.274 e. The molecule has 0 unspecified atom stereocenters. The third-order valence-corrected chi connectivity index (χ3v) is 5.90. The van der Waals surface area contributed by atoms with Crippen LogP contribution in [0.25, 0.3) is 0 Å². The molecule has 0 spiro atoms. The second kappa shape index (κ2) is 8.05. The molecule has 1 amide bonds. The monoisotopic (exact) mass is 383 g/mol. The Morgan fingerprint density at radius 2 is 2.04 bits per heavy atom. The number of amides is 1. The smallest absolute Gasteiger partial charge is 0.274 e. The van der Waals surface area contributed by atoms with Crippen molar-refractivity contribution in [1.29, 1.82) is 0 Å². The largest absolute Gasteiger partial charge is 0.373 e. The molecule has 0 aliphatic carbocycles. The Kier molecular flexibility index (Phi) is 5.51. The molecule has 4 rings (SSSR count). The fraction of sp³-hybridized carbons (Fsp3) is 0.545. The van der Waals surface area contributed by atoms with E-state index in [9.17, 15) is 4.79 Å². The Bertz CT molecular complexity index is 839. The average Bonchev–Trinajstić information content (AvgIpc) is 3.11. The van der Waals surface area contributed by atoms with Gasteiger partial charge >= 0.3 is 0 Å². The van der Waals surface area contributed by atoms with Crippen LogP contribution >= 0.6 is 0 Å². The molecule has 0 radical (unpaired) electrons. The van der Waals surface area contributed by atoms with Gasteiger partial charge in [0.25, 0.3) is 5.91 Å². The number of H-pyrrole nitrogens is 1. The number of piperidine rings is 1. The van der Waals surface area contributed by atoms with Gasteiger partial charge in [0.1, 0.15) is 0 Å². The van der Waals surface area contributed by atoms with E-state index in [1.54, 1.807) is 0 Å². The molecule has 1 saturated heterocycles. The quantitative estimate of drug-likeness (QED) is 0.877. The highest BCUT2D eigenvalue weighted by Crippen LogP contribution is 2.31. The van der Waals surface area contributed by atoms with Crippen LogP contribution in [0.4, 0.5) is 0 Å². The number of carbonyl (C=O) groups is 1. The molecule has 1 N–H and O–H groups in total. The van der Waals surface area contributed by atoms with Gasteiger partial charge in [0.2, 0.25) is 0 Å². The predicted octanol–water partition coefficient (Wildman–Crippen LogP) is 3.56. The van der Waals surface area contributed by atoms with Crippen molar-refractivity contribution < 1.29 is 14.3 Å². The van der Waals surface area contributed by atoms with Crippen LogP contribution in [-0.4, -0.2) is 46.3 Å². The van der Waals surface area contributed by atoms with Crippen LogP contribution < -0.4 is 0 Å². The van der Waals surface area contributed by atoms with E-state index in [1.807, 2.05) is 30.9 Å². The minimum Gasteiger partial charge on any atom is -0.373 e. The Hall–Kier alpha value is -2.18. The highest BCUT2D eigenvalue weighted by Gasteiger charge is 2.32. The number of nitrogens with zero attached hydrogens (tertiary/aromatic N) is 2. The first-order chi connectivity index (χ1) is 13.5. The van der Waals surface area contributed by atoms with Crippen molar-refractivity contribution >= 4 is 5.91 Å². The van der Waals surface area contributed by atoms with Crippen LogP contribution in [0.3, 0.4) is 0 Å². The third kappa shape index (κ3) is 3.84. The van der Waals surface area contributed by atoms with Gasteiger partial charge in [-0.05, 0) is 44.7 Å². The van der Waals surface area contributed by atoms with Gasteiger partial charge in [-0.1, -0.05) is 24.3 Å². The van der Waals surface area contributed by atoms with E-state index in [-0.39, 0.29) is 24.2 Å². The minimum atomic E-state index is -0.0478. The number of nitrogens with one attached hydrogen (secondary N) is 1. The number of hydrogen-bond donors (Lipinski definition) is 1. The first kappa shape index (κ1) is 19.2. The zero-order valence-electron chi connectivity index (χ0n) is 16.9. The molecule has 1 aromatic carbocycles. The van der Waals surface area contributed by atoms with Crippen LogP contribution in [0.15, 0.2) is 24.3 Å². The van der Waals surface area contributed by atoms with Crippen molar-refractivity contribution in [1.82, 2.24) is 15.1 Å². The number of hydrogen-bond acceptors (Lipinski definition) is 4. The van der Waals surface area contributed by atoms with E-state index in [0.29, 0.717) is 25.4 Å². The number of fused-ring (bicyclic) bond motifs is 1. The molecule has 150 valence electrons. The van der Waals surface area contributed by atoms with Gasteiger partial charge in [0.05, 0.1) is 30.6 Å². The molecule has 1 fully saturated rings. The fourth-order valence-electron chi connectivity index (χ4n) is 4.21. The molecule has 2 atom stereocenters. The summed E-state index contributed by atoms with van der Waals surface area (Å²) in [5.41, 5.74) is 5.02. The summed E-state index contributed by atoms with van der Waals surface area (Å²) in [5, 5.41) is 7.36. The van der Waals surface area contributed by atoms with E-state index in [0.717, 1.165) is 30.5 Å². The molecule has 2 aliphatic rings. The minimum absolute atomic E-state index is 0.0242. The van der Waals surface area contributed by atoms with Crippen LogP contribution in [0.2, 0.25) is 0 Å². The number of likely N-dealkylation sites (tertiary alicyclic amines) is 1. The molecule has 0 bridgehead atoms. The summed E-state index contributed by atoms with van der Waals surface area (Å²) in [6.07, 6.45) is 2.71.